The molecule has 0 radical (unpaired) electrons. The Morgan fingerprint density at radius 3 is 2.69 bits per heavy atom. The van der Waals surface area contributed by atoms with Gasteiger partial charge in [0, 0.05) is 22.8 Å². The van der Waals surface area contributed by atoms with Gasteiger partial charge in [0.15, 0.2) is 0 Å². The van der Waals surface area contributed by atoms with Crippen LogP contribution in [0.15, 0.2) is 53.4 Å². The van der Waals surface area contributed by atoms with Crippen LogP contribution in [0.4, 0.5) is 16.2 Å². The second-order valence-electron chi connectivity index (χ2n) is 5.27. The second-order valence-corrected chi connectivity index (χ2v) is 6.67. The van der Waals surface area contributed by atoms with Crippen molar-refractivity contribution in [3.63, 3.8) is 0 Å². The zero-order valence-corrected chi connectivity index (χ0v) is 14.8. The Hall–Kier alpha value is -2.84. The molecule has 0 saturated carbocycles. The molecular weight excluding hydrogens is 378 g/mol. The lowest BCUT2D eigenvalue weighted by molar-refractivity contribution is -0.384. The van der Waals surface area contributed by atoms with Gasteiger partial charge in [0.05, 0.1) is 16.5 Å². The first-order valence-corrected chi connectivity index (χ1v) is 8.63. The van der Waals surface area contributed by atoms with E-state index in [0.29, 0.717) is 16.3 Å². The number of carbonyl (C=O) groups excluding carboxylic acids is 2. The maximum absolute atomic E-state index is 12.5. The standard InChI is InChI=1S/C17H12ClN3O4S/c18-14-7-2-1-4-11(14)8-15-16(22)20(17(23)26-15)10-19-12-5-3-6-13(9-12)21(24)25/h1-9,19H,10H2/b15-8-. The number of nitro benzene ring substituents is 1. The molecular formula is C17H12ClN3O4S. The summed E-state index contributed by atoms with van der Waals surface area (Å²) in [4.78, 5) is 36.1. The Labute approximate surface area is 157 Å². The Bertz CT molecular complexity index is 932. The van der Waals surface area contributed by atoms with Crippen molar-refractivity contribution in [2.24, 2.45) is 0 Å². The van der Waals surface area contributed by atoms with Gasteiger partial charge in [-0.3, -0.25) is 24.6 Å². The summed E-state index contributed by atoms with van der Waals surface area (Å²) in [5.74, 6) is -0.446. The van der Waals surface area contributed by atoms with E-state index >= 15 is 0 Å². The average Bonchev–Trinajstić information content (AvgIpc) is 2.89. The molecule has 1 aliphatic heterocycles. The number of halogens is 1. The molecule has 0 aromatic heterocycles. The van der Waals surface area contributed by atoms with E-state index in [4.69, 9.17) is 11.6 Å². The van der Waals surface area contributed by atoms with Gasteiger partial charge >= 0.3 is 0 Å². The van der Waals surface area contributed by atoms with Crippen LogP contribution in [0.2, 0.25) is 5.02 Å². The van der Waals surface area contributed by atoms with E-state index in [9.17, 15) is 19.7 Å². The van der Waals surface area contributed by atoms with Gasteiger partial charge in [0.25, 0.3) is 16.8 Å². The van der Waals surface area contributed by atoms with E-state index in [1.54, 1.807) is 36.4 Å². The van der Waals surface area contributed by atoms with Crippen LogP contribution in [0, 0.1) is 10.1 Å². The lowest BCUT2D eigenvalue weighted by Gasteiger charge is -2.14. The van der Waals surface area contributed by atoms with Crippen LogP contribution in [0.5, 0.6) is 0 Å². The summed E-state index contributed by atoms with van der Waals surface area (Å²) < 4.78 is 0. The number of nitrogens with one attached hydrogen (secondary N) is 1. The van der Waals surface area contributed by atoms with Crippen LogP contribution in [-0.2, 0) is 4.79 Å². The second kappa shape index (κ2) is 7.59. The van der Waals surface area contributed by atoms with E-state index in [1.165, 1.54) is 18.2 Å². The highest BCUT2D eigenvalue weighted by molar-refractivity contribution is 8.18. The average molecular weight is 390 g/mol. The van der Waals surface area contributed by atoms with Gasteiger partial charge in [-0.2, -0.15) is 0 Å². The Balaban J connectivity index is 1.73. The van der Waals surface area contributed by atoms with E-state index < -0.39 is 16.1 Å². The fourth-order valence-corrected chi connectivity index (χ4v) is 3.29. The summed E-state index contributed by atoms with van der Waals surface area (Å²) in [6.07, 6.45) is 1.57. The molecule has 1 fully saturated rings. The third kappa shape index (κ3) is 3.87. The molecule has 1 aliphatic rings. The van der Waals surface area contributed by atoms with Crippen molar-refractivity contribution < 1.29 is 14.5 Å². The van der Waals surface area contributed by atoms with E-state index in [2.05, 4.69) is 5.32 Å². The van der Waals surface area contributed by atoms with Crippen LogP contribution >= 0.6 is 23.4 Å². The van der Waals surface area contributed by atoms with Crippen molar-refractivity contribution in [3.8, 4) is 0 Å². The molecule has 2 aromatic carbocycles. The summed E-state index contributed by atoms with van der Waals surface area (Å²) in [6, 6.07) is 12.8. The SMILES string of the molecule is O=C1S/C(=C\c2ccccc2Cl)C(=O)N1CNc1cccc([N+](=O)[O-])c1. The number of nitro groups is 1. The molecule has 0 atom stereocenters. The Morgan fingerprint density at radius 2 is 1.96 bits per heavy atom. The molecule has 0 spiro atoms. The van der Waals surface area contributed by atoms with Crippen LogP contribution < -0.4 is 5.32 Å². The first-order chi connectivity index (χ1) is 12.5. The molecule has 0 bridgehead atoms. The number of hydrogen-bond acceptors (Lipinski definition) is 6. The first kappa shape index (κ1) is 18.0. The predicted molar refractivity (Wildman–Crippen MR) is 101 cm³/mol. The van der Waals surface area contributed by atoms with Crippen molar-refractivity contribution in [1.82, 2.24) is 4.90 Å². The number of carbonyl (C=O) groups is 2. The summed E-state index contributed by atoms with van der Waals surface area (Å²) in [5, 5.41) is 13.7. The quantitative estimate of drug-likeness (QED) is 0.464. The molecule has 7 nitrogen and oxygen atoms in total. The van der Waals surface area contributed by atoms with Gasteiger partial charge in [-0.15, -0.1) is 0 Å². The highest BCUT2D eigenvalue weighted by Crippen LogP contribution is 2.33. The molecule has 3 rings (SSSR count). The van der Waals surface area contributed by atoms with Crippen LogP contribution in [0.3, 0.4) is 0 Å². The van der Waals surface area contributed by atoms with E-state index in [-0.39, 0.29) is 17.3 Å². The molecule has 1 N–H and O–H groups in total. The zero-order valence-electron chi connectivity index (χ0n) is 13.2. The highest BCUT2D eigenvalue weighted by atomic mass is 35.5. The summed E-state index contributed by atoms with van der Waals surface area (Å²) in [7, 11) is 0. The Morgan fingerprint density at radius 1 is 1.19 bits per heavy atom. The molecule has 1 heterocycles. The van der Waals surface area contributed by atoms with E-state index in [0.717, 1.165) is 16.7 Å². The minimum Gasteiger partial charge on any atom is -0.367 e. The molecule has 9 heteroatoms. The lowest BCUT2D eigenvalue weighted by Crippen LogP contribution is -2.33. The van der Waals surface area contributed by atoms with Crippen LogP contribution in [0.25, 0.3) is 6.08 Å². The Kier molecular flexibility index (Phi) is 5.24. The molecule has 0 aliphatic carbocycles. The van der Waals surface area contributed by atoms with Crippen LogP contribution in [0.1, 0.15) is 5.56 Å². The first-order valence-electron chi connectivity index (χ1n) is 7.44. The summed E-state index contributed by atoms with van der Waals surface area (Å²) in [6.45, 7) is -0.0916. The van der Waals surface area contributed by atoms with Gasteiger partial charge in [-0.25, -0.2) is 0 Å². The number of amides is 2. The molecule has 2 aromatic rings. The topological polar surface area (TPSA) is 92.6 Å². The van der Waals surface area contributed by atoms with Gasteiger partial charge in [-0.05, 0) is 35.5 Å². The molecule has 132 valence electrons. The number of thioether (sulfide) groups is 1. The zero-order chi connectivity index (χ0) is 18.7. The number of anilines is 1. The van der Waals surface area contributed by atoms with Gasteiger partial charge < -0.3 is 5.32 Å². The fraction of sp³-hybridized carbons (Fsp3) is 0.0588. The minimum atomic E-state index is -0.516. The van der Waals surface area contributed by atoms with Gasteiger partial charge in [0.2, 0.25) is 0 Å². The highest BCUT2D eigenvalue weighted by Gasteiger charge is 2.34. The molecule has 1 saturated heterocycles. The van der Waals surface area contributed by atoms with Crippen LogP contribution in [-0.4, -0.2) is 27.6 Å². The van der Waals surface area contributed by atoms with Crippen molar-refractivity contribution in [2.45, 2.75) is 0 Å². The smallest absolute Gasteiger partial charge is 0.295 e. The van der Waals surface area contributed by atoms with Gasteiger partial charge in [0.1, 0.15) is 0 Å². The maximum atomic E-state index is 12.5. The van der Waals surface area contributed by atoms with Crippen molar-refractivity contribution >= 4 is 52.0 Å². The number of non-ortho nitro benzene ring substituents is 1. The predicted octanol–water partition coefficient (Wildman–Crippen LogP) is 4.35. The number of hydrogen-bond donors (Lipinski definition) is 1. The number of imide groups is 1. The normalized spacial score (nSPS) is 15.6. The van der Waals surface area contributed by atoms with Crippen molar-refractivity contribution in [2.75, 3.05) is 12.0 Å². The third-order valence-electron chi connectivity index (χ3n) is 3.56. The summed E-state index contributed by atoms with van der Waals surface area (Å²) in [5.41, 5.74) is 1.00. The third-order valence-corrected chi connectivity index (χ3v) is 4.82. The van der Waals surface area contributed by atoms with Crippen molar-refractivity contribution in [1.29, 1.82) is 0 Å². The summed E-state index contributed by atoms with van der Waals surface area (Å²) >= 11 is 6.89. The van der Waals surface area contributed by atoms with Gasteiger partial charge in [-0.1, -0.05) is 35.9 Å². The number of benzene rings is 2. The maximum Gasteiger partial charge on any atom is 0.295 e. The monoisotopic (exact) mass is 389 g/mol. The molecule has 26 heavy (non-hydrogen) atoms. The largest absolute Gasteiger partial charge is 0.367 e. The van der Waals surface area contributed by atoms with E-state index in [1.807, 2.05) is 0 Å². The van der Waals surface area contributed by atoms with Crippen molar-refractivity contribution in [3.05, 3.63) is 74.1 Å². The number of nitrogens with zero attached hydrogens (tertiary/aromatic N) is 2. The fourth-order valence-electron chi connectivity index (χ4n) is 2.27. The molecule has 0 unspecified atom stereocenters. The minimum absolute atomic E-state index is 0.0808. The molecule has 2 amide bonds. The lowest BCUT2D eigenvalue weighted by atomic mass is 10.2. The number of rotatable bonds is 5.